The van der Waals surface area contributed by atoms with Gasteiger partial charge in [0.2, 0.25) is 0 Å². The van der Waals surface area contributed by atoms with Gasteiger partial charge in [-0.05, 0) is 30.5 Å². The second-order valence-corrected chi connectivity index (χ2v) is 6.27. The lowest BCUT2D eigenvalue weighted by Gasteiger charge is -2.17. The average molecular weight is 374 g/mol. The van der Waals surface area contributed by atoms with Crippen LogP contribution >= 0.6 is 0 Å². The monoisotopic (exact) mass is 374 g/mol. The van der Waals surface area contributed by atoms with Gasteiger partial charge in [0.05, 0.1) is 11.3 Å². The Bertz CT molecular complexity index is 1010. The van der Waals surface area contributed by atoms with Crippen LogP contribution in [0.5, 0.6) is 5.75 Å². The van der Waals surface area contributed by atoms with Crippen molar-refractivity contribution < 1.29 is 14.3 Å². The number of amides is 2. The second-order valence-electron chi connectivity index (χ2n) is 6.27. The summed E-state index contributed by atoms with van der Waals surface area (Å²) < 4.78 is 5.90. The van der Waals surface area contributed by atoms with Crippen LogP contribution in [0.4, 0.5) is 5.69 Å². The second kappa shape index (κ2) is 8.86. The van der Waals surface area contributed by atoms with E-state index in [1.165, 1.54) is 0 Å². The van der Waals surface area contributed by atoms with Crippen LogP contribution in [0.1, 0.15) is 17.3 Å². The molecule has 0 aliphatic rings. The van der Waals surface area contributed by atoms with Crippen molar-refractivity contribution in [2.24, 2.45) is 0 Å². The van der Waals surface area contributed by atoms with Crippen molar-refractivity contribution >= 4 is 28.3 Å². The number of hydrogen-bond donors (Lipinski definition) is 2. The Hall–Kier alpha value is -3.60. The molecule has 0 aliphatic carbocycles. The number of hydrogen-bond acceptors (Lipinski definition) is 3. The minimum absolute atomic E-state index is 0.279. The minimum atomic E-state index is -0.741. The van der Waals surface area contributed by atoms with Gasteiger partial charge in [0, 0.05) is 11.9 Å². The Morgan fingerprint density at radius 2 is 1.75 bits per heavy atom. The lowest BCUT2D eigenvalue weighted by Crippen LogP contribution is -2.31. The summed E-state index contributed by atoms with van der Waals surface area (Å²) in [5, 5.41) is 7.47. The third-order valence-corrected chi connectivity index (χ3v) is 4.26. The van der Waals surface area contributed by atoms with Gasteiger partial charge >= 0.3 is 0 Å². The van der Waals surface area contributed by atoms with Crippen molar-refractivity contribution in [3.8, 4) is 5.75 Å². The van der Waals surface area contributed by atoms with Gasteiger partial charge in [-0.25, -0.2) is 0 Å². The van der Waals surface area contributed by atoms with E-state index in [1.54, 1.807) is 37.3 Å². The van der Waals surface area contributed by atoms with Gasteiger partial charge in [0.25, 0.3) is 11.8 Å². The summed E-state index contributed by atoms with van der Waals surface area (Å²) in [5.41, 5.74) is 0.817. The first kappa shape index (κ1) is 19.2. The Morgan fingerprint density at radius 3 is 2.57 bits per heavy atom. The van der Waals surface area contributed by atoms with Gasteiger partial charge in [-0.3, -0.25) is 9.59 Å². The molecule has 3 aromatic rings. The van der Waals surface area contributed by atoms with Crippen LogP contribution in [-0.2, 0) is 4.79 Å². The van der Waals surface area contributed by atoms with E-state index in [2.05, 4.69) is 17.2 Å². The number of fused-ring (bicyclic) bond motifs is 1. The van der Waals surface area contributed by atoms with Gasteiger partial charge in [0.1, 0.15) is 5.75 Å². The number of rotatable bonds is 7. The number of carbonyl (C=O) groups excluding carboxylic acids is 2. The quantitative estimate of drug-likeness (QED) is 0.610. The fraction of sp³-hybridized carbons (Fsp3) is 0.130. The zero-order valence-corrected chi connectivity index (χ0v) is 15.6. The zero-order valence-electron chi connectivity index (χ0n) is 15.6. The SMILES string of the molecule is C=CCNC(=O)c1ccccc1NC(=O)[C@@H](C)Oc1cccc2ccccc12. The van der Waals surface area contributed by atoms with Gasteiger partial charge in [-0.15, -0.1) is 6.58 Å². The zero-order chi connectivity index (χ0) is 19.9. The maximum atomic E-state index is 12.7. The van der Waals surface area contributed by atoms with Crippen molar-refractivity contribution in [1.29, 1.82) is 0 Å². The van der Waals surface area contributed by atoms with E-state index in [4.69, 9.17) is 4.74 Å². The topological polar surface area (TPSA) is 67.4 Å². The van der Waals surface area contributed by atoms with Crippen LogP contribution in [0.2, 0.25) is 0 Å². The summed E-state index contributed by atoms with van der Waals surface area (Å²) in [5.74, 6) is 0.0214. The third-order valence-electron chi connectivity index (χ3n) is 4.26. The lowest BCUT2D eigenvalue weighted by molar-refractivity contribution is -0.122. The van der Waals surface area contributed by atoms with E-state index in [-0.39, 0.29) is 11.8 Å². The Labute approximate surface area is 164 Å². The number of anilines is 1. The molecule has 5 nitrogen and oxygen atoms in total. The molecule has 1 atom stereocenters. The maximum absolute atomic E-state index is 12.7. The number of ether oxygens (including phenoxy) is 1. The molecule has 0 unspecified atom stereocenters. The molecule has 0 aliphatic heterocycles. The summed E-state index contributed by atoms with van der Waals surface area (Å²) >= 11 is 0. The molecule has 0 bridgehead atoms. The van der Waals surface area contributed by atoms with Crippen LogP contribution in [0.3, 0.4) is 0 Å². The Kier molecular flexibility index (Phi) is 6.07. The van der Waals surface area contributed by atoms with Gasteiger partial charge in [-0.1, -0.05) is 54.6 Å². The molecule has 3 aromatic carbocycles. The van der Waals surface area contributed by atoms with E-state index >= 15 is 0 Å². The molecular weight excluding hydrogens is 352 g/mol. The van der Waals surface area contributed by atoms with Crippen LogP contribution in [0.15, 0.2) is 79.4 Å². The molecule has 5 heteroatoms. The van der Waals surface area contributed by atoms with Crippen molar-refractivity contribution in [3.63, 3.8) is 0 Å². The molecule has 28 heavy (non-hydrogen) atoms. The summed E-state index contributed by atoms with van der Waals surface area (Å²) in [6.07, 6.45) is 0.856. The average Bonchev–Trinajstić information content (AvgIpc) is 2.72. The number of nitrogens with one attached hydrogen (secondary N) is 2. The predicted octanol–water partition coefficient (Wildman–Crippen LogP) is 4.16. The molecule has 3 rings (SSSR count). The molecule has 0 fully saturated rings. The molecule has 0 saturated carbocycles. The molecule has 0 radical (unpaired) electrons. The molecular formula is C23H22N2O3. The first-order chi connectivity index (χ1) is 13.6. The van der Waals surface area contributed by atoms with E-state index in [9.17, 15) is 9.59 Å². The molecule has 0 heterocycles. The summed E-state index contributed by atoms with van der Waals surface area (Å²) in [4.78, 5) is 24.9. The molecule has 0 aromatic heterocycles. The summed E-state index contributed by atoms with van der Waals surface area (Å²) in [6, 6.07) is 20.4. The Morgan fingerprint density at radius 1 is 1.04 bits per heavy atom. The number of para-hydroxylation sites is 1. The van der Waals surface area contributed by atoms with Gasteiger partial charge in [-0.2, -0.15) is 0 Å². The fourth-order valence-electron chi connectivity index (χ4n) is 2.83. The molecule has 2 amide bonds. The molecule has 0 spiro atoms. The van der Waals surface area contributed by atoms with Crippen LogP contribution in [-0.4, -0.2) is 24.5 Å². The Balaban J connectivity index is 1.74. The summed E-state index contributed by atoms with van der Waals surface area (Å²) in [6.45, 7) is 5.61. The van der Waals surface area contributed by atoms with Gasteiger partial charge in [0.15, 0.2) is 6.10 Å². The maximum Gasteiger partial charge on any atom is 0.265 e. The largest absolute Gasteiger partial charge is 0.480 e. The first-order valence-electron chi connectivity index (χ1n) is 9.03. The number of benzene rings is 3. The first-order valence-corrected chi connectivity index (χ1v) is 9.03. The highest BCUT2D eigenvalue weighted by atomic mass is 16.5. The van der Waals surface area contributed by atoms with Crippen LogP contribution < -0.4 is 15.4 Å². The van der Waals surface area contributed by atoms with Gasteiger partial charge < -0.3 is 15.4 Å². The van der Waals surface area contributed by atoms with E-state index in [0.717, 1.165) is 10.8 Å². The molecule has 0 saturated heterocycles. The smallest absolute Gasteiger partial charge is 0.265 e. The van der Waals surface area contributed by atoms with Crippen molar-refractivity contribution in [2.45, 2.75) is 13.0 Å². The van der Waals surface area contributed by atoms with E-state index in [1.807, 2.05) is 42.5 Å². The third kappa shape index (κ3) is 4.38. The highest BCUT2D eigenvalue weighted by molar-refractivity contribution is 6.04. The van der Waals surface area contributed by atoms with Crippen molar-refractivity contribution in [1.82, 2.24) is 5.32 Å². The van der Waals surface area contributed by atoms with E-state index < -0.39 is 6.10 Å². The molecule has 2 N–H and O–H groups in total. The van der Waals surface area contributed by atoms with Crippen LogP contribution in [0.25, 0.3) is 10.8 Å². The highest BCUT2D eigenvalue weighted by Crippen LogP contribution is 2.26. The standard InChI is InChI=1S/C23H22N2O3/c1-3-15-24-23(27)19-12-6-7-13-20(19)25-22(26)16(2)28-21-14-8-10-17-9-4-5-11-18(17)21/h3-14,16H,1,15H2,2H3,(H,24,27)(H,25,26)/t16-/m1/s1. The number of carbonyl (C=O) groups is 2. The van der Waals surface area contributed by atoms with Crippen molar-refractivity contribution in [3.05, 3.63) is 84.9 Å². The van der Waals surface area contributed by atoms with E-state index in [0.29, 0.717) is 23.5 Å². The fourth-order valence-corrected chi connectivity index (χ4v) is 2.83. The lowest BCUT2D eigenvalue weighted by atomic mass is 10.1. The summed E-state index contributed by atoms with van der Waals surface area (Å²) in [7, 11) is 0. The normalized spacial score (nSPS) is 11.5. The predicted molar refractivity (Wildman–Crippen MR) is 112 cm³/mol. The van der Waals surface area contributed by atoms with Crippen LogP contribution in [0, 0.1) is 0 Å². The van der Waals surface area contributed by atoms with Crippen molar-refractivity contribution in [2.75, 3.05) is 11.9 Å². The highest BCUT2D eigenvalue weighted by Gasteiger charge is 2.19. The molecule has 142 valence electrons. The minimum Gasteiger partial charge on any atom is -0.480 e.